The van der Waals surface area contributed by atoms with Crippen molar-refractivity contribution in [2.24, 2.45) is 4.36 Å². The lowest BCUT2D eigenvalue weighted by atomic mass is 10.1. The molecule has 0 saturated carbocycles. The van der Waals surface area contributed by atoms with Crippen LogP contribution in [-0.4, -0.2) is 57.5 Å². The molecule has 1 atom stereocenters. The molecule has 0 radical (unpaired) electrons. The molecule has 150 valence electrons. The van der Waals surface area contributed by atoms with Gasteiger partial charge >= 0.3 is 0 Å². The predicted octanol–water partition coefficient (Wildman–Crippen LogP) is 2.56. The van der Waals surface area contributed by atoms with Gasteiger partial charge in [0.05, 0.1) is 24.9 Å². The van der Waals surface area contributed by atoms with Crippen molar-refractivity contribution in [2.75, 3.05) is 37.2 Å². The second-order valence-electron chi connectivity index (χ2n) is 7.43. The number of rotatable bonds is 3. The summed E-state index contributed by atoms with van der Waals surface area (Å²) in [5, 5.41) is 9.39. The Hall–Kier alpha value is -2.83. The molecule has 1 aliphatic heterocycles. The molecular formula is C20H22N6O2S. The van der Waals surface area contributed by atoms with Gasteiger partial charge in [0.15, 0.2) is 11.6 Å². The Morgan fingerprint density at radius 1 is 1.31 bits per heavy atom. The third kappa shape index (κ3) is 4.13. The molecule has 29 heavy (non-hydrogen) atoms. The predicted molar refractivity (Wildman–Crippen MR) is 112 cm³/mol. The minimum Gasteiger partial charge on any atom is -0.377 e. The minimum atomic E-state index is -2.40. The molecule has 0 bridgehead atoms. The third-order valence-electron chi connectivity index (χ3n) is 4.76. The number of aromatic nitrogens is 3. The van der Waals surface area contributed by atoms with Gasteiger partial charge in [-0.15, -0.1) is 0 Å². The van der Waals surface area contributed by atoms with Gasteiger partial charge in [-0.05, 0) is 13.0 Å². The zero-order valence-corrected chi connectivity index (χ0v) is 17.4. The quantitative estimate of drug-likeness (QED) is 0.766. The first kappa shape index (κ1) is 19.5. The Kier molecular flexibility index (Phi) is 5.06. The number of allylic oxidation sites excluding steroid dienone is 1. The highest BCUT2D eigenvalue weighted by molar-refractivity contribution is 7.92. The van der Waals surface area contributed by atoms with E-state index in [1.807, 2.05) is 12.2 Å². The van der Waals surface area contributed by atoms with Crippen molar-refractivity contribution in [2.45, 2.75) is 19.4 Å². The van der Waals surface area contributed by atoms with Crippen LogP contribution in [-0.2, 0) is 20.9 Å². The molecule has 2 aliphatic rings. The largest absolute Gasteiger partial charge is 0.377 e. The fraction of sp³-hybridized carbons (Fsp3) is 0.400. The number of hydrogen-bond donors (Lipinski definition) is 0. The molecule has 2 aromatic heterocycles. The van der Waals surface area contributed by atoms with Crippen molar-refractivity contribution in [1.29, 1.82) is 5.26 Å². The van der Waals surface area contributed by atoms with Crippen LogP contribution in [0, 0.1) is 11.3 Å². The molecule has 0 aromatic carbocycles. The summed E-state index contributed by atoms with van der Waals surface area (Å²) in [6.07, 6.45) is 7.81. The SMILES string of the molecule is C[C@@H]1COCCN1c1cc(N=S(C)(C)=O)nc(-c2cc(C#N)nc3c2C=CC3)n1. The molecule has 0 N–H and O–H groups in total. The maximum Gasteiger partial charge on any atom is 0.167 e. The Morgan fingerprint density at radius 2 is 2.14 bits per heavy atom. The van der Waals surface area contributed by atoms with Gasteiger partial charge in [0.25, 0.3) is 0 Å². The van der Waals surface area contributed by atoms with Crippen LogP contribution in [0.4, 0.5) is 11.6 Å². The fourth-order valence-corrected chi connectivity index (χ4v) is 4.05. The van der Waals surface area contributed by atoms with Crippen molar-refractivity contribution >= 4 is 27.4 Å². The first-order valence-electron chi connectivity index (χ1n) is 9.35. The van der Waals surface area contributed by atoms with Gasteiger partial charge in [0.2, 0.25) is 0 Å². The maximum atomic E-state index is 12.3. The summed E-state index contributed by atoms with van der Waals surface area (Å²) >= 11 is 0. The molecule has 1 aliphatic carbocycles. The van der Waals surface area contributed by atoms with E-state index >= 15 is 0 Å². The van der Waals surface area contributed by atoms with Crippen molar-refractivity contribution in [3.63, 3.8) is 0 Å². The average molecular weight is 411 g/mol. The summed E-state index contributed by atoms with van der Waals surface area (Å²) in [5.41, 5.74) is 2.81. The first-order chi connectivity index (χ1) is 13.8. The van der Waals surface area contributed by atoms with Crippen molar-refractivity contribution in [1.82, 2.24) is 15.0 Å². The van der Waals surface area contributed by atoms with E-state index in [9.17, 15) is 9.47 Å². The lowest BCUT2D eigenvalue weighted by Gasteiger charge is -2.34. The third-order valence-corrected chi connectivity index (χ3v) is 5.39. The van der Waals surface area contributed by atoms with Crippen LogP contribution in [0.3, 0.4) is 0 Å². The Morgan fingerprint density at radius 3 is 2.86 bits per heavy atom. The zero-order valence-electron chi connectivity index (χ0n) is 16.6. The second-order valence-corrected chi connectivity index (χ2v) is 9.98. The normalized spacial score (nSPS) is 18.4. The molecule has 1 fully saturated rings. The molecule has 2 aromatic rings. The van der Waals surface area contributed by atoms with Crippen LogP contribution >= 0.6 is 0 Å². The molecule has 3 heterocycles. The fourth-order valence-electron chi connectivity index (χ4n) is 3.51. The summed E-state index contributed by atoms with van der Waals surface area (Å²) < 4.78 is 22.2. The number of nitriles is 1. The van der Waals surface area contributed by atoms with Gasteiger partial charge in [-0.2, -0.15) is 9.62 Å². The lowest BCUT2D eigenvalue weighted by Crippen LogP contribution is -2.44. The molecule has 1 saturated heterocycles. The van der Waals surface area contributed by atoms with Crippen LogP contribution in [0.1, 0.15) is 23.9 Å². The number of ether oxygens (including phenoxy) is 1. The van der Waals surface area contributed by atoms with Crippen LogP contribution in [0.15, 0.2) is 22.6 Å². The van der Waals surface area contributed by atoms with E-state index in [0.29, 0.717) is 49.3 Å². The zero-order chi connectivity index (χ0) is 20.6. The van der Waals surface area contributed by atoms with Crippen molar-refractivity contribution in [3.8, 4) is 17.5 Å². The Labute approximate surface area is 170 Å². The smallest absolute Gasteiger partial charge is 0.167 e. The molecule has 4 rings (SSSR count). The lowest BCUT2D eigenvalue weighted by molar-refractivity contribution is 0.0985. The highest BCUT2D eigenvalue weighted by Gasteiger charge is 2.23. The Bertz CT molecular complexity index is 1150. The molecule has 8 nitrogen and oxygen atoms in total. The van der Waals surface area contributed by atoms with Gasteiger partial charge in [0.1, 0.15) is 17.6 Å². The summed E-state index contributed by atoms with van der Waals surface area (Å²) in [7, 11) is -2.40. The molecule has 9 heteroatoms. The standard InChI is InChI=1S/C20H22N6O2S/c1-13-12-28-8-7-26(13)19-10-18(25-29(2,3)27)23-20(24-19)16-9-14(11-21)22-17-6-4-5-15(16)17/h4-5,9-10,13H,6-8,12H2,1-3H3/t13-/m1/s1. The average Bonchev–Trinajstić information content (AvgIpc) is 3.14. The molecule has 0 unspecified atom stereocenters. The van der Waals surface area contributed by atoms with Crippen molar-refractivity contribution in [3.05, 3.63) is 35.2 Å². The van der Waals surface area contributed by atoms with Gasteiger partial charge < -0.3 is 9.64 Å². The van der Waals surface area contributed by atoms with E-state index in [1.54, 1.807) is 24.6 Å². The second kappa shape index (κ2) is 7.54. The van der Waals surface area contributed by atoms with Gasteiger partial charge in [-0.25, -0.2) is 19.2 Å². The van der Waals surface area contributed by atoms with E-state index < -0.39 is 9.73 Å². The van der Waals surface area contributed by atoms with Crippen LogP contribution in [0.2, 0.25) is 0 Å². The summed E-state index contributed by atoms with van der Waals surface area (Å²) in [4.78, 5) is 15.9. The summed E-state index contributed by atoms with van der Waals surface area (Å²) in [6.45, 7) is 3.99. The number of hydrogen-bond acceptors (Lipinski definition) is 8. The Balaban J connectivity index is 1.92. The highest BCUT2D eigenvalue weighted by atomic mass is 32.2. The summed E-state index contributed by atoms with van der Waals surface area (Å²) in [6, 6.07) is 5.73. The van der Waals surface area contributed by atoms with Gasteiger partial charge in [-0.1, -0.05) is 12.2 Å². The van der Waals surface area contributed by atoms with Crippen molar-refractivity contribution < 1.29 is 8.95 Å². The molecular weight excluding hydrogens is 388 g/mol. The number of pyridine rings is 1. The number of morpholine rings is 1. The van der Waals surface area contributed by atoms with Crippen LogP contribution in [0.5, 0.6) is 0 Å². The molecule has 0 amide bonds. The van der Waals surface area contributed by atoms with E-state index in [2.05, 4.69) is 32.2 Å². The van der Waals surface area contributed by atoms with E-state index in [4.69, 9.17) is 9.72 Å². The van der Waals surface area contributed by atoms with E-state index in [1.165, 1.54) is 0 Å². The topological polar surface area (TPSA) is 104 Å². The van der Waals surface area contributed by atoms with Crippen LogP contribution in [0.25, 0.3) is 17.5 Å². The first-order valence-corrected chi connectivity index (χ1v) is 11.7. The van der Waals surface area contributed by atoms with Gasteiger partial charge in [0, 0.05) is 52.4 Å². The monoisotopic (exact) mass is 410 g/mol. The number of anilines is 1. The number of nitrogens with zero attached hydrogens (tertiary/aromatic N) is 6. The molecule has 0 spiro atoms. The van der Waals surface area contributed by atoms with Gasteiger partial charge in [-0.3, -0.25) is 0 Å². The van der Waals surface area contributed by atoms with Crippen LogP contribution < -0.4 is 4.90 Å². The maximum absolute atomic E-state index is 12.3. The summed E-state index contributed by atoms with van der Waals surface area (Å²) in [5.74, 6) is 1.52. The van der Waals surface area contributed by atoms with E-state index in [-0.39, 0.29) is 6.04 Å². The highest BCUT2D eigenvalue weighted by Crippen LogP contribution is 2.32. The number of fused-ring (bicyclic) bond motifs is 1. The van der Waals surface area contributed by atoms with E-state index in [0.717, 1.165) is 16.8 Å². The minimum absolute atomic E-state index is 0.143.